The van der Waals surface area contributed by atoms with Gasteiger partial charge >= 0.3 is 24.4 Å². The van der Waals surface area contributed by atoms with E-state index in [0.717, 1.165) is 0 Å². The van der Waals surface area contributed by atoms with Crippen molar-refractivity contribution in [2.24, 2.45) is 0 Å². The molecular weight excluding hydrogens is 218 g/mol. The zero-order chi connectivity index (χ0) is 0. The third-order valence-corrected chi connectivity index (χ3v) is 0. The summed E-state index contributed by atoms with van der Waals surface area (Å²) < 4.78 is 0. The SMILES string of the molecule is [SH-].[SH-].[SH-].[Sb+3]. The molecule has 0 bridgehead atoms. The molecule has 0 amide bonds. The van der Waals surface area contributed by atoms with Crippen molar-refractivity contribution in [3.05, 3.63) is 0 Å². The van der Waals surface area contributed by atoms with Crippen LogP contribution in [0, 0.1) is 0 Å². The van der Waals surface area contributed by atoms with Gasteiger partial charge in [-0.15, -0.1) is 0 Å². The summed E-state index contributed by atoms with van der Waals surface area (Å²) in [6.45, 7) is 0. The summed E-state index contributed by atoms with van der Waals surface area (Å²) in [5.41, 5.74) is 0. The molecule has 0 saturated heterocycles. The van der Waals surface area contributed by atoms with Gasteiger partial charge in [0.15, 0.2) is 0 Å². The van der Waals surface area contributed by atoms with Crippen molar-refractivity contribution >= 4 is 64.9 Å². The first-order chi connectivity index (χ1) is 0. The van der Waals surface area contributed by atoms with E-state index in [1.165, 1.54) is 0 Å². The maximum atomic E-state index is 0. The molecule has 0 aromatic rings. The average molecular weight is 221 g/mol. The van der Waals surface area contributed by atoms with Crippen LogP contribution in [0.15, 0.2) is 0 Å². The first kappa shape index (κ1) is 39.8. The van der Waals surface area contributed by atoms with E-state index >= 15 is 0 Å². The van der Waals surface area contributed by atoms with Gasteiger partial charge in [0.25, 0.3) is 0 Å². The third-order valence-electron chi connectivity index (χ3n) is 0. The number of thiol groups is 3. The van der Waals surface area contributed by atoms with Crippen LogP contribution in [0.4, 0.5) is 0 Å². The first-order valence-corrected chi connectivity index (χ1v) is 0. The molecule has 2 radical (unpaired) electrons. The second-order valence-corrected chi connectivity index (χ2v) is 0. The van der Waals surface area contributed by atoms with Crippen LogP contribution < -0.4 is 0 Å². The van der Waals surface area contributed by atoms with E-state index in [0.29, 0.717) is 0 Å². The van der Waals surface area contributed by atoms with Crippen molar-refractivity contribution in [3.63, 3.8) is 0 Å². The quantitative estimate of drug-likeness (QED) is 0.287. The number of hydrogen-bond donors (Lipinski definition) is 0. The molecule has 0 saturated carbocycles. The fourth-order valence-corrected chi connectivity index (χ4v) is 0. The van der Waals surface area contributed by atoms with Gasteiger partial charge in [-0.3, -0.25) is 0 Å². The van der Waals surface area contributed by atoms with E-state index in [9.17, 15) is 0 Å². The van der Waals surface area contributed by atoms with Crippen LogP contribution in [0.25, 0.3) is 0 Å². The number of rotatable bonds is 0. The Morgan fingerprint density at radius 3 is 0.500 bits per heavy atom. The van der Waals surface area contributed by atoms with Crippen LogP contribution in [0.3, 0.4) is 0 Å². The molecule has 0 unspecified atom stereocenters. The fourth-order valence-electron chi connectivity index (χ4n) is 0. The smallest absolute Gasteiger partial charge is 0.813 e. The van der Waals surface area contributed by atoms with Crippen molar-refractivity contribution in [2.75, 3.05) is 0 Å². The van der Waals surface area contributed by atoms with Gasteiger partial charge in [0.1, 0.15) is 0 Å². The molecule has 0 aliphatic carbocycles. The molecule has 0 aromatic heterocycles. The van der Waals surface area contributed by atoms with E-state index in [1.807, 2.05) is 0 Å². The summed E-state index contributed by atoms with van der Waals surface area (Å²) >= 11 is 0. The fraction of sp³-hybridized carbons (Fsp3) is 0. The molecule has 4 heteroatoms. The molecule has 0 aromatic carbocycles. The van der Waals surface area contributed by atoms with Gasteiger partial charge in [0.2, 0.25) is 0 Å². The Bertz CT molecular complexity index is 3.25. The summed E-state index contributed by atoms with van der Waals surface area (Å²) in [5.74, 6) is 0. The second kappa shape index (κ2) is 20.9. The predicted molar refractivity (Wildman–Crippen MR) is 32.0 cm³/mol. The van der Waals surface area contributed by atoms with Gasteiger partial charge in [-0.2, -0.15) is 0 Å². The van der Waals surface area contributed by atoms with E-state index in [4.69, 9.17) is 0 Å². The molecule has 0 spiro atoms. The van der Waals surface area contributed by atoms with Crippen molar-refractivity contribution in [1.29, 1.82) is 0 Å². The van der Waals surface area contributed by atoms with E-state index in [2.05, 4.69) is 0 Å². The predicted octanol–water partition coefficient (Wildman–Crippen LogP) is -1.19. The van der Waals surface area contributed by atoms with E-state index in [-0.39, 0.29) is 64.9 Å². The van der Waals surface area contributed by atoms with E-state index in [1.54, 1.807) is 0 Å². The summed E-state index contributed by atoms with van der Waals surface area (Å²) in [5, 5.41) is 0. The molecule has 0 N–H and O–H groups in total. The summed E-state index contributed by atoms with van der Waals surface area (Å²) in [4.78, 5) is 0. The topological polar surface area (TPSA) is 0 Å². The second-order valence-electron chi connectivity index (χ2n) is 0. The minimum atomic E-state index is 0. The minimum absolute atomic E-state index is 0. The Morgan fingerprint density at radius 2 is 0.500 bits per heavy atom. The first-order valence-electron chi connectivity index (χ1n) is 0. The van der Waals surface area contributed by atoms with Crippen molar-refractivity contribution < 1.29 is 0 Å². The van der Waals surface area contributed by atoms with Crippen LogP contribution in [-0.2, 0) is 40.5 Å². The van der Waals surface area contributed by atoms with Crippen molar-refractivity contribution in [2.45, 2.75) is 0 Å². The largest absolute Gasteiger partial charge is 3.00 e. The molecule has 26 valence electrons. The Morgan fingerprint density at radius 1 is 0.500 bits per heavy atom. The molecule has 0 heterocycles. The van der Waals surface area contributed by atoms with Gasteiger partial charge in [-0.1, -0.05) is 0 Å². The maximum absolute atomic E-state index is 0. The van der Waals surface area contributed by atoms with Gasteiger partial charge in [0.05, 0.1) is 0 Å². The molecular formula is H3S3Sb. The summed E-state index contributed by atoms with van der Waals surface area (Å²) in [6.07, 6.45) is 0. The van der Waals surface area contributed by atoms with Crippen LogP contribution in [-0.4, -0.2) is 24.4 Å². The Kier molecular flexibility index (Phi) is 208. The van der Waals surface area contributed by atoms with Gasteiger partial charge < -0.3 is 40.5 Å². The third kappa shape index (κ3) is 9.12. The Labute approximate surface area is 64.5 Å². The number of hydrogen-bond acceptors (Lipinski definition) is 3. The monoisotopic (exact) mass is 220 g/mol. The Hall–Kier alpha value is 1.87. The molecule has 0 nitrogen and oxygen atoms in total. The molecule has 4 heavy (non-hydrogen) atoms. The standard InChI is InChI=1S/3H2S.Sb/h3*1H2;/q;;;+3/p-3. The van der Waals surface area contributed by atoms with Crippen molar-refractivity contribution in [1.82, 2.24) is 0 Å². The molecule has 0 rings (SSSR count). The molecule has 0 atom stereocenters. The zero-order valence-electron chi connectivity index (χ0n) is 1.79. The normalized spacial score (nSPS) is 0. The van der Waals surface area contributed by atoms with Crippen LogP contribution in [0.2, 0.25) is 0 Å². The molecule has 0 fully saturated rings. The maximum Gasteiger partial charge on any atom is 3.00 e. The zero-order valence-corrected chi connectivity index (χ0v) is 7.02. The van der Waals surface area contributed by atoms with Crippen molar-refractivity contribution in [3.8, 4) is 0 Å². The van der Waals surface area contributed by atoms with Crippen LogP contribution in [0.1, 0.15) is 0 Å². The Balaban J connectivity index is 0. The van der Waals surface area contributed by atoms with Gasteiger partial charge in [0, 0.05) is 0 Å². The minimum Gasteiger partial charge on any atom is -0.813 e. The van der Waals surface area contributed by atoms with Gasteiger partial charge in [-0.05, 0) is 0 Å². The van der Waals surface area contributed by atoms with E-state index < -0.39 is 0 Å². The molecule has 0 aliphatic rings. The van der Waals surface area contributed by atoms with Crippen LogP contribution in [0.5, 0.6) is 0 Å². The van der Waals surface area contributed by atoms with Gasteiger partial charge in [-0.25, -0.2) is 0 Å². The summed E-state index contributed by atoms with van der Waals surface area (Å²) in [7, 11) is 0. The van der Waals surface area contributed by atoms with Crippen LogP contribution >= 0.6 is 0 Å². The molecule has 0 aliphatic heterocycles. The average Bonchev–Trinajstić information content (AvgIpc) is 0. The summed E-state index contributed by atoms with van der Waals surface area (Å²) in [6, 6.07) is 0.